The first kappa shape index (κ1) is 9.19. The smallest absolute Gasteiger partial charge is 0.115 e. The van der Waals surface area contributed by atoms with E-state index in [1.54, 1.807) is 6.07 Å². The Balaban J connectivity index is 2.01. The highest BCUT2D eigenvalue weighted by atomic mass is 16.5. The van der Waals surface area contributed by atoms with Crippen molar-refractivity contribution < 1.29 is 9.84 Å². The van der Waals surface area contributed by atoms with Gasteiger partial charge in [-0.05, 0) is 36.1 Å². The standard InChI is InChI=1S/C12H15NO2/c14-9-3-1-8-2-4-11-12(10(8)7-9)15-6-5-13-11/h1,3,7,11-14H,2,4-6H2. The van der Waals surface area contributed by atoms with Gasteiger partial charge in [-0.25, -0.2) is 0 Å². The van der Waals surface area contributed by atoms with E-state index in [2.05, 4.69) is 5.32 Å². The van der Waals surface area contributed by atoms with Crippen molar-refractivity contribution in [2.24, 2.45) is 0 Å². The van der Waals surface area contributed by atoms with Crippen LogP contribution in [0.25, 0.3) is 0 Å². The fourth-order valence-corrected chi connectivity index (χ4v) is 2.60. The van der Waals surface area contributed by atoms with Crippen molar-refractivity contribution >= 4 is 0 Å². The van der Waals surface area contributed by atoms with Crippen LogP contribution >= 0.6 is 0 Å². The molecule has 0 aromatic heterocycles. The van der Waals surface area contributed by atoms with Gasteiger partial charge >= 0.3 is 0 Å². The topological polar surface area (TPSA) is 41.5 Å². The van der Waals surface area contributed by atoms with E-state index >= 15 is 0 Å². The van der Waals surface area contributed by atoms with Crippen molar-refractivity contribution in [2.75, 3.05) is 13.2 Å². The molecule has 1 fully saturated rings. The third-order valence-electron chi connectivity index (χ3n) is 3.33. The van der Waals surface area contributed by atoms with E-state index in [0.29, 0.717) is 11.8 Å². The highest BCUT2D eigenvalue weighted by Crippen LogP contribution is 2.35. The summed E-state index contributed by atoms with van der Waals surface area (Å²) in [7, 11) is 0. The van der Waals surface area contributed by atoms with Crippen LogP contribution in [0.4, 0.5) is 0 Å². The van der Waals surface area contributed by atoms with Gasteiger partial charge in [-0.3, -0.25) is 0 Å². The van der Waals surface area contributed by atoms with Crippen LogP contribution in [0.15, 0.2) is 18.2 Å². The minimum Gasteiger partial charge on any atom is -0.508 e. The zero-order valence-electron chi connectivity index (χ0n) is 8.57. The average Bonchev–Trinajstić information content (AvgIpc) is 2.29. The summed E-state index contributed by atoms with van der Waals surface area (Å²) < 4.78 is 5.79. The SMILES string of the molecule is Oc1ccc2c(c1)C1OCCNC1CC2. The van der Waals surface area contributed by atoms with Crippen LogP contribution in [0.2, 0.25) is 0 Å². The zero-order valence-corrected chi connectivity index (χ0v) is 8.57. The summed E-state index contributed by atoms with van der Waals surface area (Å²) in [5.74, 6) is 0.337. The minimum absolute atomic E-state index is 0.134. The number of hydrogen-bond acceptors (Lipinski definition) is 3. The predicted molar refractivity (Wildman–Crippen MR) is 56.9 cm³/mol. The van der Waals surface area contributed by atoms with Crippen molar-refractivity contribution in [1.82, 2.24) is 5.32 Å². The lowest BCUT2D eigenvalue weighted by Crippen LogP contribution is -2.45. The van der Waals surface area contributed by atoms with E-state index in [-0.39, 0.29) is 6.10 Å². The predicted octanol–water partition coefficient (Wildman–Crippen LogP) is 1.37. The molecule has 0 saturated carbocycles. The van der Waals surface area contributed by atoms with Gasteiger partial charge in [-0.15, -0.1) is 0 Å². The minimum atomic E-state index is 0.134. The molecular weight excluding hydrogens is 190 g/mol. The van der Waals surface area contributed by atoms with Gasteiger partial charge in [0.25, 0.3) is 0 Å². The summed E-state index contributed by atoms with van der Waals surface area (Å²) in [6, 6.07) is 6.04. The van der Waals surface area contributed by atoms with Crippen LogP contribution in [0.1, 0.15) is 23.7 Å². The van der Waals surface area contributed by atoms with E-state index < -0.39 is 0 Å². The fourth-order valence-electron chi connectivity index (χ4n) is 2.60. The Morgan fingerprint density at radius 1 is 1.40 bits per heavy atom. The molecule has 0 amide bonds. The second kappa shape index (κ2) is 3.51. The molecule has 2 unspecified atom stereocenters. The molecule has 2 N–H and O–H groups in total. The molecule has 0 spiro atoms. The number of fused-ring (bicyclic) bond motifs is 3. The van der Waals surface area contributed by atoms with E-state index in [1.165, 1.54) is 11.1 Å². The molecule has 1 aromatic carbocycles. The number of morpholine rings is 1. The lowest BCUT2D eigenvalue weighted by atomic mass is 9.85. The Kier molecular flexibility index (Phi) is 2.15. The molecule has 0 bridgehead atoms. The Morgan fingerprint density at radius 3 is 3.27 bits per heavy atom. The third kappa shape index (κ3) is 1.52. The Hall–Kier alpha value is -1.06. The number of aromatic hydroxyl groups is 1. The van der Waals surface area contributed by atoms with Crippen LogP contribution < -0.4 is 5.32 Å². The fraction of sp³-hybridized carbons (Fsp3) is 0.500. The van der Waals surface area contributed by atoms with Crippen molar-refractivity contribution in [3.63, 3.8) is 0 Å². The quantitative estimate of drug-likeness (QED) is 0.672. The molecule has 3 rings (SSSR count). The second-order valence-corrected chi connectivity index (χ2v) is 4.27. The molecule has 1 aliphatic carbocycles. The first-order valence-corrected chi connectivity index (χ1v) is 5.51. The molecule has 1 saturated heterocycles. The maximum absolute atomic E-state index is 9.50. The zero-order chi connectivity index (χ0) is 10.3. The van der Waals surface area contributed by atoms with Gasteiger partial charge < -0.3 is 15.2 Å². The van der Waals surface area contributed by atoms with Crippen molar-refractivity contribution in [3.05, 3.63) is 29.3 Å². The molecule has 15 heavy (non-hydrogen) atoms. The monoisotopic (exact) mass is 205 g/mol. The summed E-state index contributed by atoms with van der Waals surface area (Å²) in [6.07, 6.45) is 2.34. The number of benzene rings is 1. The normalized spacial score (nSPS) is 29.3. The van der Waals surface area contributed by atoms with Crippen molar-refractivity contribution in [1.29, 1.82) is 0 Å². The first-order valence-electron chi connectivity index (χ1n) is 5.51. The summed E-state index contributed by atoms with van der Waals surface area (Å²) in [6.45, 7) is 1.70. The number of hydrogen-bond donors (Lipinski definition) is 2. The van der Waals surface area contributed by atoms with E-state index in [1.807, 2.05) is 12.1 Å². The maximum Gasteiger partial charge on any atom is 0.115 e. The van der Waals surface area contributed by atoms with Crippen molar-refractivity contribution in [2.45, 2.75) is 25.0 Å². The summed E-state index contributed by atoms with van der Waals surface area (Å²) in [4.78, 5) is 0. The molecule has 0 radical (unpaired) electrons. The lowest BCUT2D eigenvalue weighted by Gasteiger charge is -2.37. The van der Waals surface area contributed by atoms with Gasteiger partial charge in [0.15, 0.2) is 0 Å². The molecule has 2 aliphatic rings. The third-order valence-corrected chi connectivity index (χ3v) is 3.33. The van der Waals surface area contributed by atoms with Gasteiger partial charge in [-0.1, -0.05) is 6.07 Å². The molecule has 1 heterocycles. The van der Waals surface area contributed by atoms with Gasteiger partial charge in [-0.2, -0.15) is 0 Å². The highest BCUT2D eigenvalue weighted by Gasteiger charge is 2.32. The number of aryl methyl sites for hydroxylation is 1. The summed E-state index contributed by atoms with van der Waals surface area (Å²) >= 11 is 0. The highest BCUT2D eigenvalue weighted by molar-refractivity contribution is 5.39. The van der Waals surface area contributed by atoms with Crippen LogP contribution in [0.5, 0.6) is 5.75 Å². The molecule has 80 valence electrons. The van der Waals surface area contributed by atoms with Crippen molar-refractivity contribution in [3.8, 4) is 5.75 Å². The molecule has 1 aromatic rings. The van der Waals surface area contributed by atoms with Gasteiger partial charge in [0, 0.05) is 12.6 Å². The Morgan fingerprint density at radius 2 is 2.33 bits per heavy atom. The van der Waals surface area contributed by atoms with Gasteiger partial charge in [0.1, 0.15) is 5.75 Å². The van der Waals surface area contributed by atoms with Crippen LogP contribution in [-0.4, -0.2) is 24.3 Å². The molecule has 3 heteroatoms. The summed E-state index contributed by atoms with van der Waals surface area (Å²) in [5, 5.41) is 13.0. The largest absolute Gasteiger partial charge is 0.508 e. The number of rotatable bonds is 0. The van der Waals surface area contributed by atoms with Crippen LogP contribution in [0.3, 0.4) is 0 Å². The van der Waals surface area contributed by atoms with Gasteiger partial charge in [0.2, 0.25) is 0 Å². The first-order chi connectivity index (χ1) is 7.34. The number of nitrogens with one attached hydrogen (secondary N) is 1. The Labute approximate surface area is 89.1 Å². The average molecular weight is 205 g/mol. The van der Waals surface area contributed by atoms with Crippen LogP contribution in [-0.2, 0) is 11.2 Å². The summed E-state index contributed by atoms with van der Waals surface area (Å²) in [5.41, 5.74) is 2.48. The van der Waals surface area contributed by atoms with E-state index in [0.717, 1.165) is 26.0 Å². The lowest BCUT2D eigenvalue weighted by molar-refractivity contribution is -0.0128. The van der Waals surface area contributed by atoms with E-state index in [9.17, 15) is 5.11 Å². The maximum atomic E-state index is 9.50. The van der Waals surface area contributed by atoms with E-state index in [4.69, 9.17) is 4.74 Å². The molecule has 2 atom stereocenters. The van der Waals surface area contributed by atoms with Crippen LogP contribution in [0, 0.1) is 0 Å². The molecule has 1 aliphatic heterocycles. The number of ether oxygens (including phenoxy) is 1. The molecular formula is C12H15NO2. The number of phenols is 1. The Bertz CT molecular complexity index is 378. The molecule has 3 nitrogen and oxygen atoms in total. The number of phenolic OH excluding ortho intramolecular Hbond substituents is 1. The second-order valence-electron chi connectivity index (χ2n) is 4.27. The van der Waals surface area contributed by atoms with Gasteiger partial charge in [0.05, 0.1) is 12.7 Å².